The Morgan fingerprint density at radius 2 is 1.67 bits per heavy atom. The van der Waals surface area contributed by atoms with Gasteiger partial charge in [-0.2, -0.15) is 0 Å². The summed E-state index contributed by atoms with van der Waals surface area (Å²) < 4.78 is 32.2. The molecule has 0 aromatic rings. The summed E-state index contributed by atoms with van der Waals surface area (Å²) in [5.74, 6) is 0.568. The Balaban J connectivity index is 2.07. The second kappa shape index (κ2) is 9.70. The van der Waals surface area contributed by atoms with E-state index in [1.165, 1.54) is 12.8 Å². The van der Waals surface area contributed by atoms with E-state index < -0.39 is 23.4 Å². The Morgan fingerprint density at radius 1 is 1.07 bits per heavy atom. The molecule has 0 spiro atoms. The Kier molecular flexibility index (Phi) is 8.20. The Labute approximate surface area is 186 Å². The molecule has 0 unspecified atom stereocenters. The maximum Gasteiger partial charge on any atom is 0.184 e. The Hall–Kier alpha value is -0.913. The smallest absolute Gasteiger partial charge is 0.184 e. The van der Waals surface area contributed by atoms with Gasteiger partial charge in [-0.25, -0.2) is 8.42 Å². The fraction of sp³-hybridized carbons (Fsp3) is 0.680. The molecule has 0 aromatic heterocycles. The molecule has 30 heavy (non-hydrogen) atoms. The van der Waals surface area contributed by atoms with Crippen LogP contribution < -0.4 is 0 Å². The average molecular weight is 451 g/mol. The third kappa shape index (κ3) is 7.06. The summed E-state index contributed by atoms with van der Waals surface area (Å²) >= 11 is 0. The lowest BCUT2D eigenvalue weighted by molar-refractivity contribution is -0.0786. The molecule has 3 nitrogen and oxygen atoms in total. The van der Waals surface area contributed by atoms with Crippen LogP contribution in [-0.2, 0) is 14.3 Å². The molecule has 0 aromatic carbocycles. The third-order valence-corrected chi connectivity index (χ3v) is 9.41. The first-order valence-electron chi connectivity index (χ1n) is 11.3. The van der Waals surface area contributed by atoms with Gasteiger partial charge in [-0.3, -0.25) is 0 Å². The molecule has 170 valence electrons. The Morgan fingerprint density at radius 3 is 2.23 bits per heavy atom. The van der Waals surface area contributed by atoms with Gasteiger partial charge in [0, 0.05) is 0 Å². The molecule has 0 aliphatic heterocycles. The summed E-state index contributed by atoms with van der Waals surface area (Å²) in [5, 5.41) is -0.540. The van der Waals surface area contributed by atoms with Crippen LogP contribution in [0.15, 0.2) is 48.1 Å². The molecule has 1 fully saturated rings. The zero-order chi connectivity index (χ0) is 22.6. The van der Waals surface area contributed by atoms with Gasteiger partial charge in [-0.05, 0) is 70.5 Å². The van der Waals surface area contributed by atoms with Gasteiger partial charge < -0.3 is 4.43 Å². The van der Waals surface area contributed by atoms with Crippen LogP contribution in [0.5, 0.6) is 0 Å². The SMILES string of the molecule is C/C(=C\CS(=O)(=O)C1C=CC=CC=C1)CC[C@H]1C(C)(C)CCC[C@]1(C)O[Si](C)(C)C. The van der Waals surface area contributed by atoms with Crippen LogP contribution in [0.3, 0.4) is 0 Å². The van der Waals surface area contributed by atoms with Crippen LogP contribution in [-0.4, -0.2) is 33.3 Å². The van der Waals surface area contributed by atoms with Crippen LogP contribution in [0, 0.1) is 11.3 Å². The minimum atomic E-state index is -3.22. The normalized spacial score (nSPS) is 28.0. The van der Waals surface area contributed by atoms with Crippen molar-refractivity contribution in [2.24, 2.45) is 11.3 Å². The number of sulfone groups is 1. The molecule has 0 saturated heterocycles. The summed E-state index contributed by atoms with van der Waals surface area (Å²) in [6.45, 7) is 16.0. The molecule has 5 heteroatoms. The molecule has 0 amide bonds. The first kappa shape index (κ1) is 25.3. The molecule has 0 radical (unpaired) electrons. The molecular weight excluding hydrogens is 408 g/mol. The van der Waals surface area contributed by atoms with Crippen molar-refractivity contribution in [3.8, 4) is 0 Å². The van der Waals surface area contributed by atoms with Crippen LogP contribution >= 0.6 is 0 Å². The lowest BCUT2D eigenvalue weighted by atomic mass is 9.60. The van der Waals surface area contributed by atoms with Crippen molar-refractivity contribution in [2.75, 3.05) is 5.75 Å². The molecule has 2 aliphatic carbocycles. The maximum atomic E-state index is 12.7. The zero-order valence-corrected chi connectivity index (χ0v) is 21.9. The predicted octanol–water partition coefficient (Wildman–Crippen LogP) is 6.62. The molecular formula is C25H42O3SSi. The fourth-order valence-corrected chi connectivity index (χ4v) is 8.25. The van der Waals surface area contributed by atoms with Crippen molar-refractivity contribution in [1.82, 2.24) is 0 Å². The highest BCUT2D eigenvalue weighted by Gasteiger charge is 2.48. The molecule has 0 bridgehead atoms. The zero-order valence-electron chi connectivity index (χ0n) is 20.1. The van der Waals surface area contributed by atoms with Crippen LogP contribution in [0.2, 0.25) is 19.6 Å². The number of rotatable bonds is 8. The van der Waals surface area contributed by atoms with Gasteiger partial charge >= 0.3 is 0 Å². The van der Waals surface area contributed by atoms with Gasteiger partial charge in [0.15, 0.2) is 18.2 Å². The quantitative estimate of drug-likeness (QED) is 0.308. The van der Waals surface area contributed by atoms with Gasteiger partial charge in [0.1, 0.15) is 0 Å². The van der Waals surface area contributed by atoms with E-state index in [0.29, 0.717) is 5.92 Å². The summed E-state index contributed by atoms with van der Waals surface area (Å²) in [6, 6.07) is 0. The lowest BCUT2D eigenvalue weighted by Crippen LogP contribution is -2.53. The number of hydrogen-bond donors (Lipinski definition) is 0. The second-order valence-corrected chi connectivity index (χ2v) is 17.6. The van der Waals surface area contributed by atoms with Crippen molar-refractivity contribution >= 4 is 18.2 Å². The minimum Gasteiger partial charge on any atom is -0.412 e. The van der Waals surface area contributed by atoms with Crippen molar-refractivity contribution in [3.63, 3.8) is 0 Å². The van der Waals surface area contributed by atoms with Crippen LogP contribution in [0.25, 0.3) is 0 Å². The van der Waals surface area contributed by atoms with Gasteiger partial charge in [0.2, 0.25) is 0 Å². The highest BCUT2D eigenvalue weighted by Crippen LogP contribution is 2.51. The van der Waals surface area contributed by atoms with Gasteiger partial charge in [0.25, 0.3) is 0 Å². The maximum absolute atomic E-state index is 12.7. The van der Waals surface area contributed by atoms with E-state index in [1.54, 1.807) is 12.2 Å². The first-order chi connectivity index (χ1) is 13.8. The van der Waals surface area contributed by atoms with Gasteiger partial charge in [0.05, 0.1) is 16.6 Å². The first-order valence-corrected chi connectivity index (χ1v) is 16.5. The lowest BCUT2D eigenvalue weighted by Gasteiger charge is -2.53. The van der Waals surface area contributed by atoms with E-state index in [9.17, 15) is 8.42 Å². The second-order valence-electron chi connectivity index (χ2n) is 11.0. The van der Waals surface area contributed by atoms with Crippen molar-refractivity contribution in [1.29, 1.82) is 0 Å². The summed E-state index contributed by atoms with van der Waals surface area (Å²) in [6.07, 6.45) is 18.3. The van der Waals surface area contributed by atoms with Gasteiger partial charge in [-0.1, -0.05) is 68.4 Å². The largest absolute Gasteiger partial charge is 0.412 e. The molecule has 2 atom stereocenters. The molecule has 2 rings (SSSR count). The molecule has 2 aliphatic rings. The fourth-order valence-electron chi connectivity index (χ4n) is 5.21. The van der Waals surface area contributed by atoms with Crippen LogP contribution in [0.4, 0.5) is 0 Å². The van der Waals surface area contributed by atoms with Crippen molar-refractivity contribution in [3.05, 3.63) is 48.1 Å². The highest BCUT2D eigenvalue weighted by atomic mass is 32.2. The van der Waals surface area contributed by atoms with Crippen LogP contribution in [0.1, 0.15) is 59.8 Å². The summed E-state index contributed by atoms with van der Waals surface area (Å²) in [4.78, 5) is 0. The average Bonchev–Trinajstić information content (AvgIpc) is 2.87. The summed E-state index contributed by atoms with van der Waals surface area (Å²) in [5.41, 5.74) is 1.32. The Bertz CT molecular complexity index is 796. The van der Waals surface area contributed by atoms with E-state index in [4.69, 9.17) is 4.43 Å². The van der Waals surface area contributed by atoms with Crippen molar-refractivity contribution < 1.29 is 12.8 Å². The highest BCUT2D eigenvalue weighted by molar-refractivity contribution is 7.92. The van der Waals surface area contributed by atoms with Crippen molar-refractivity contribution in [2.45, 2.75) is 90.3 Å². The van der Waals surface area contributed by atoms with E-state index in [2.05, 4.69) is 47.3 Å². The third-order valence-electron chi connectivity index (χ3n) is 6.56. The minimum absolute atomic E-state index is 0.0818. The number of hydrogen-bond acceptors (Lipinski definition) is 3. The standard InChI is InChI=1S/C25H42O3SSi/c1-21(17-20-29(26,27)22-13-10-8-9-11-14-22)15-16-23-24(2,3)18-12-19-25(23,4)28-30(5,6)7/h8-11,13-14,17,22-23H,12,15-16,18-20H2,1-7H3/b21-17+/t23-,25-/m0/s1. The van der Waals surface area contributed by atoms with E-state index in [1.807, 2.05) is 30.4 Å². The number of allylic oxidation sites excluding steroid dienone is 5. The van der Waals surface area contributed by atoms with E-state index >= 15 is 0 Å². The molecule has 0 heterocycles. The molecule has 1 saturated carbocycles. The molecule has 0 N–H and O–H groups in total. The van der Waals surface area contributed by atoms with Gasteiger partial charge in [-0.15, -0.1) is 0 Å². The van der Waals surface area contributed by atoms with E-state index in [-0.39, 0.29) is 16.8 Å². The van der Waals surface area contributed by atoms with E-state index in [0.717, 1.165) is 24.8 Å². The topological polar surface area (TPSA) is 43.4 Å². The monoisotopic (exact) mass is 450 g/mol. The summed E-state index contributed by atoms with van der Waals surface area (Å²) in [7, 11) is -4.88. The predicted molar refractivity (Wildman–Crippen MR) is 132 cm³/mol.